The summed E-state index contributed by atoms with van der Waals surface area (Å²) in [6.07, 6.45) is 1.52. The van der Waals surface area contributed by atoms with E-state index in [0.717, 1.165) is 30.2 Å². The van der Waals surface area contributed by atoms with Crippen molar-refractivity contribution in [1.29, 1.82) is 0 Å². The van der Waals surface area contributed by atoms with Gasteiger partial charge in [0.1, 0.15) is 17.9 Å². The molecule has 1 atom stereocenters. The molecule has 126 valence electrons. The van der Waals surface area contributed by atoms with Crippen LogP contribution in [0, 0.1) is 6.92 Å². The molecular formula is C18H22N4O2. The van der Waals surface area contributed by atoms with E-state index in [1.54, 1.807) is 6.92 Å². The minimum absolute atomic E-state index is 0.119. The van der Waals surface area contributed by atoms with E-state index in [1.807, 2.05) is 42.2 Å². The first-order valence-corrected chi connectivity index (χ1v) is 8.12. The van der Waals surface area contributed by atoms with Crippen LogP contribution in [0.5, 0.6) is 11.6 Å². The van der Waals surface area contributed by atoms with E-state index in [0.29, 0.717) is 12.4 Å². The minimum Gasteiger partial charge on any atom is -0.439 e. The molecule has 0 radical (unpaired) electrons. The first kappa shape index (κ1) is 16.2. The molecule has 1 aliphatic heterocycles. The Morgan fingerprint density at radius 2 is 2.04 bits per heavy atom. The first-order valence-electron chi connectivity index (χ1n) is 8.12. The summed E-state index contributed by atoms with van der Waals surface area (Å²) in [5.41, 5.74) is 1.06. The third-order valence-electron chi connectivity index (χ3n) is 4.29. The average Bonchev–Trinajstić information content (AvgIpc) is 2.57. The number of aryl methyl sites for hydroxylation is 1. The fourth-order valence-electron chi connectivity index (χ4n) is 2.98. The Kier molecular flexibility index (Phi) is 4.64. The van der Waals surface area contributed by atoms with Gasteiger partial charge in [0.05, 0.1) is 0 Å². The molecule has 0 spiro atoms. The fraction of sp³-hybridized carbons (Fsp3) is 0.389. The summed E-state index contributed by atoms with van der Waals surface area (Å²) < 4.78 is 5.88. The van der Waals surface area contributed by atoms with Crippen molar-refractivity contribution in [2.75, 3.05) is 24.5 Å². The van der Waals surface area contributed by atoms with Crippen molar-refractivity contribution < 1.29 is 9.53 Å². The number of anilines is 1. The molecule has 1 aromatic heterocycles. The number of piperazine rings is 1. The number of nitrogens with zero attached hydrogens (tertiary/aromatic N) is 4. The zero-order valence-electron chi connectivity index (χ0n) is 14.3. The third-order valence-corrected chi connectivity index (χ3v) is 4.29. The Balaban J connectivity index is 1.74. The van der Waals surface area contributed by atoms with Crippen LogP contribution in [0.2, 0.25) is 0 Å². The first-order chi connectivity index (χ1) is 11.5. The van der Waals surface area contributed by atoms with Crippen LogP contribution in [0.4, 0.5) is 5.82 Å². The van der Waals surface area contributed by atoms with E-state index < -0.39 is 0 Å². The van der Waals surface area contributed by atoms with E-state index in [-0.39, 0.29) is 11.9 Å². The van der Waals surface area contributed by atoms with E-state index >= 15 is 0 Å². The normalized spacial score (nSPS) is 17.7. The van der Waals surface area contributed by atoms with Gasteiger partial charge in [-0.2, -0.15) is 0 Å². The second kappa shape index (κ2) is 6.86. The van der Waals surface area contributed by atoms with E-state index in [2.05, 4.69) is 21.8 Å². The van der Waals surface area contributed by atoms with Crippen molar-refractivity contribution in [3.63, 3.8) is 0 Å². The third kappa shape index (κ3) is 3.48. The van der Waals surface area contributed by atoms with Crippen LogP contribution in [0.15, 0.2) is 36.7 Å². The molecule has 3 rings (SSSR count). The van der Waals surface area contributed by atoms with Crippen LogP contribution >= 0.6 is 0 Å². The Labute approximate surface area is 142 Å². The standard InChI is InChI=1S/C18H22N4O2/c1-13-6-4-5-7-16(13)24-18-10-17(19-12-20-18)21-8-9-22(15(3)23)14(2)11-21/h4-7,10,12,14H,8-9,11H2,1-3H3. The highest BCUT2D eigenvalue weighted by molar-refractivity contribution is 5.74. The number of para-hydroxylation sites is 1. The van der Waals surface area contributed by atoms with Crippen LogP contribution in [-0.2, 0) is 4.79 Å². The highest BCUT2D eigenvalue weighted by Crippen LogP contribution is 2.25. The van der Waals surface area contributed by atoms with Crippen LogP contribution < -0.4 is 9.64 Å². The van der Waals surface area contributed by atoms with Gasteiger partial charge in [-0.05, 0) is 25.5 Å². The lowest BCUT2D eigenvalue weighted by molar-refractivity contribution is -0.131. The lowest BCUT2D eigenvalue weighted by Crippen LogP contribution is -2.53. The predicted octanol–water partition coefficient (Wildman–Crippen LogP) is 2.63. The van der Waals surface area contributed by atoms with Gasteiger partial charge < -0.3 is 14.5 Å². The number of ether oxygens (including phenoxy) is 1. The molecule has 24 heavy (non-hydrogen) atoms. The number of carbonyl (C=O) groups excluding carboxylic acids is 1. The van der Waals surface area contributed by atoms with Gasteiger partial charge in [-0.15, -0.1) is 0 Å². The summed E-state index contributed by atoms with van der Waals surface area (Å²) in [5, 5.41) is 0. The zero-order chi connectivity index (χ0) is 17.1. The molecule has 0 saturated carbocycles. The molecule has 6 nitrogen and oxygen atoms in total. The fourth-order valence-corrected chi connectivity index (χ4v) is 2.98. The summed E-state index contributed by atoms with van der Waals surface area (Å²) in [4.78, 5) is 24.2. The number of benzene rings is 1. The maximum Gasteiger partial charge on any atom is 0.224 e. The molecule has 1 aliphatic rings. The van der Waals surface area contributed by atoms with Crippen LogP contribution in [0.3, 0.4) is 0 Å². The Hall–Kier alpha value is -2.63. The minimum atomic E-state index is 0.119. The number of aromatic nitrogens is 2. The number of amides is 1. The van der Waals surface area contributed by atoms with Crippen molar-refractivity contribution >= 4 is 11.7 Å². The van der Waals surface area contributed by atoms with Gasteiger partial charge in [0.25, 0.3) is 0 Å². The van der Waals surface area contributed by atoms with Crippen LogP contribution in [0.25, 0.3) is 0 Å². The smallest absolute Gasteiger partial charge is 0.224 e. The van der Waals surface area contributed by atoms with Gasteiger partial charge in [-0.25, -0.2) is 9.97 Å². The topological polar surface area (TPSA) is 58.6 Å². The summed E-state index contributed by atoms with van der Waals surface area (Å²) >= 11 is 0. The number of hydrogen-bond donors (Lipinski definition) is 0. The largest absolute Gasteiger partial charge is 0.439 e. The molecule has 0 bridgehead atoms. The molecular weight excluding hydrogens is 304 g/mol. The molecule has 2 aromatic rings. The van der Waals surface area contributed by atoms with Gasteiger partial charge in [0, 0.05) is 38.7 Å². The van der Waals surface area contributed by atoms with Gasteiger partial charge in [-0.3, -0.25) is 4.79 Å². The summed E-state index contributed by atoms with van der Waals surface area (Å²) in [5.74, 6) is 2.25. The van der Waals surface area contributed by atoms with E-state index in [1.165, 1.54) is 6.33 Å². The van der Waals surface area contributed by atoms with Crippen molar-refractivity contribution in [2.24, 2.45) is 0 Å². The maximum atomic E-state index is 11.6. The number of hydrogen-bond acceptors (Lipinski definition) is 5. The van der Waals surface area contributed by atoms with Gasteiger partial charge in [-0.1, -0.05) is 18.2 Å². The van der Waals surface area contributed by atoms with Crippen LogP contribution in [0.1, 0.15) is 19.4 Å². The summed E-state index contributed by atoms with van der Waals surface area (Å²) in [6.45, 7) is 7.88. The van der Waals surface area contributed by atoms with E-state index in [4.69, 9.17) is 4.74 Å². The Morgan fingerprint density at radius 3 is 2.75 bits per heavy atom. The summed E-state index contributed by atoms with van der Waals surface area (Å²) in [7, 11) is 0. The van der Waals surface area contributed by atoms with Crippen molar-refractivity contribution in [2.45, 2.75) is 26.8 Å². The molecule has 6 heteroatoms. The lowest BCUT2D eigenvalue weighted by atomic mass is 10.2. The SMILES string of the molecule is CC(=O)N1CCN(c2cc(Oc3ccccc3C)ncn2)CC1C. The molecule has 0 N–H and O–H groups in total. The highest BCUT2D eigenvalue weighted by Gasteiger charge is 2.26. The highest BCUT2D eigenvalue weighted by atomic mass is 16.5. The molecule has 1 fully saturated rings. The van der Waals surface area contributed by atoms with E-state index in [9.17, 15) is 4.79 Å². The number of carbonyl (C=O) groups is 1. The lowest BCUT2D eigenvalue weighted by Gasteiger charge is -2.39. The van der Waals surface area contributed by atoms with Gasteiger partial charge in [0.2, 0.25) is 11.8 Å². The Bertz CT molecular complexity index is 734. The second-order valence-electron chi connectivity index (χ2n) is 6.09. The molecule has 1 amide bonds. The second-order valence-corrected chi connectivity index (χ2v) is 6.09. The quantitative estimate of drug-likeness (QED) is 0.868. The molecule has 0 aliphatic carbocycles. The molecule has 1 unspecified atom stereocenters. The monoisotopic (exact) mass is 326 g/mol. The molecule has 1 saturated heterocycles. The van der Waals surface area contributed by atoms with Crippen LogP contribution in [-0.4, -0.2) is 46.5 Å². The average molecular weight is 326 g/mol. The van der Waals surface area contributed by atoms with Gasteiger partial charge >= 0.3 is 0 Å². The summed E-state index contributed by atoms with van der Waals surface area (Å²) in [6, 6.07) is 9.84. The molecule has 2 heterocycles. The maximum absolute atomic E-state index is 11.6. The van der Waals surface area contributed by atoms with Gasteiger partial charge in [0.15, 0.2) is 0 Å². The van der Waals surface area contributed by atoms with Crippen molar-refractivity contribution in [3.8, 4) is 11.6 Å². The Morgan fingerprint density at radius 1 is 1.25 bits per heavy atom. The number of rotatable bonds is 3. The zero-order valence-corrected chi connectivity index (χ0v) is 14.3. The molecule has 1 aromatic carbocycles. The van der Waals surface area contributed by atoms with Crippen molar-refractivity contribution in [3.05, 3.63) is 42.2 Å². The van der Waals surface area contributed by atoms with Crippen molar-refractivity contribution in [1.82, 2.24) is 14.9 Å². The predicted molar refractivity (Wildman–Crippen MR) is 92.3 cm³/mol.